The number of sulfonamides is 1. The van der Waals surface area contributed by atoms with Crippen LogP contribution in [0.4, 0.5) is 0 Å². The van der Waals surface area contributed by atoms with Crippen molar-refractivity contribution in [2.75, 3.05) is 0 Å². The molecule has 41 heavy (non-hydrogen) atoms. The summed E-state index contributed by atoms with van der Waals surface area (Å²) in [5, 5.41) is 5.38. The SMILES string of the molecule is CCCCc1ccc(-c2c3c(c(-c4ccccc4)n2-c2ccc(S(N)(=O)=O)cc2)C(=O)c2ccccc2C3=O)cc1. The lowest BCUT2D eigenvalue weighted by atomic mass is 9.82. The van der Waals surface area contributed by atoms with E-state index in [2.05, 4.69) is 19.1 Å². The van der Waals surface area contributed by atoms with E-state index in [9.17, 15) is 18.0 Å². The van der Waals surface area contributed by atoms with Crippen LogP contribution in [0.5, 0.6) is 0 Å². The number of rotatable bonds is 7. The Morgan fingerprint density at radius 3 is 1.68 bits per heavy atom. The fraction of sp³-hybridized carbons (Fsp3) is 0.118. The average molecular weight is 561 g/mol. The lowest BCUT2D eigenvalue weighted by molar-refractivity contribution is 0.0981. The Labute approximate surface area is 239 Å². The molecule has 7 heteroatoms. The van der Waals surface area contributed by atoms with Crippen LogP contribution in [0, 0.1) is 0 Å². The fourth-order valence-electron chi connectivity index (χ4n) is 5.56. The van der Waals surface area contributed by atoms with Gasteiger partial charge in [0, 0.05) is 16.8 Å². The predicted octanol–water partition coefficient (Wildman–Crippen LogP) is 6.58. The van der Waals surface area contributed by atoms with Crippen molar-refractivity contribution >= 4 is 21.6 Å². The zero-order valence-electron chi connectivity index (χ0n) is 22.5. The molecule has 6 rings (SSSR count). The number of primary sulfonamides is 1. The maximum atomic E-state index is 14.2. The van der Waals surface area contributed by atoms with Gasteiger partial charge >= 0.3 is 0 Å². The number of ketones is 2. The Kier molecular flexibility index (Phi) is 6.77. The van der Waals surface area contributed by atoms with Crippen molar-refractivity contribution in [1.82, 2.24) is 4.57 Å². The van der Waals surface area contributed by atoms with Crippen LogP contribution < -0.4 is 5.14 Å². The van der Waals surface area contributed by atoms with Crippen molar-refractivity contribution in [3.8, 4) is 28.2 Å². The summed E-state index contributed by atoms with van der Waals surface area (Å²) >= 11 is 0. The molecule has 0 saturated heterocycles. The molecule has 0 atom stereocenters. The number of unbranched alkanes of at least 4 members (excludes halogenated alkanes) is 1. The first kappa shape index (κ1) is 26.6. The molecular weight excluding hydrogens is 532 g/mol. The van der Waals surface area contributed by atoms with Crippen LogP contribution in [-0.2, 0) is 16.4 Å². The van der Waals surface area contributed by atoms with E-state index in [-0.39, 0.29) is 16.5 Å². The van der Waals surface area contributed by atoms with Crippen LogP contribution in [0.1, 0.15) is 57.2 Å². The molecule has 1 heterocycles. The molecule has 4 aromatic carbocycles. The van der Waals surface area contributed by atoms with E-state index in [0.717, 1.165) is 30.4 Å². The smallest absolute Gasteiger partial charge is 0.238 e. The topological polar surface area (TPSA) is 99.2 Å². The molecule has 204 valence electrons. The number of benzene rings is 4. The van der Waals surface area contributed by atoms with Gasteiger partial charge in [0.2, 0.25) is 10.0 Å². The van der Waals surface area contributed by atoms with Gasteiger partial charge in [-0.1, -0.05) is 92.2 Å². The number of fused-ring (bicyclic) bond motifs is 2. The second-order valence-corrected chi connectivity index (χ2v) is 11.8. The number of aryl methyl sites for hydroxylation is 1. The molecule has 1 aromatic heterocycles. The fourth-order valence-corrected chi connectivity index (χ4v) is 6.07. The third-order valence-electron chi connectivity index (χ3n) is 7.56. The number of hydrogen-bond donors (Lipinski definition) is 1. The second-order valence-electron chi connectivity index (χ2n) is 10.2. The predicted molar refractivity (Wildman–Crippen MR) is 160 cm³/mol. The minimum atomic E-state index is -3.91. The number of aromatic nitrogens is 1. The van der Waals surface area contributed by atoms with Crippen LogP contribution in [0.25, 0.3) is 28.2 Å². The maximum absolute atomic E-state index is 14.2. The number of nitrogens with two attached hydrogens (primary N) is 1. The Morgan fingerprint density at radius 1 is 0.659 bits per heavy atom. The highest BCUT2D eigenvalue weighted by molar-refractivity contribution is 7.89. The largest absolute Gasteiger partial charge is 0.308 e. The van der Waals surface area contributed by atoms with Crippen LogP contribution in [-0.4, -0.2) is 24.6 Å². The zero-order chi connectivity index (χ0) is 28.7. The summed E-state index contributed by atoms with van der Waals surface area (Å²) in [4.78, 5) is 28.4. The standard InChI is InChI=1S/C34H28N2O4S/c1-2-3-9-22-14-16-24(17-15-22)32-30-29(33(37)27-12-7-8-13-28(27)34(30)38)31(23-10-5-4-6-11-23)36(32)25-18-20-26(21-19-25)41(35,39)40/h4-8,10-21H,2-3,9H2,1H3,(H2,35,39,40). The third-order valence-corrected chi connectivity index (χ3v) is 8.49. The first-order valence-corrected chi connectivity index (χ1v) is 15.1. The molecule has 5 aromatic rings. The van der Waals surface area contributed by atoms with Gasteiger partial charge in [0.15, 0.2) is 11.6 Å². The van der Waals surface area contributed by atoms with E-state index < -0.39 is 10.0 Å². The van der Waals surface area contributed by atoms with Gasteiger partial charge in [-0.25, -0.2) is 13.6 Å². The number of nitrogens with zero attached hydrogens (tertiary/aromatic N) is 1. The summed E-state index contributed by atoms with van der Waals surface area (Å²) < 4.78 is 25.9. The number of carbonyl (C=O) groups is 2. The molecule has 1 aliphatic rings. The van der Waals surface area contributed by atoms with Crippen LogP contribution in [0.3, 0.4) is 0 Å². The van der Waals surface area contributed by atoms with Gasteiger partial charge < -0.3 is 4.57 Å². The van der Waals surface area contributed by atoms with Crippen molar-refractivity contribution in [2.45, 2.75) is 31.1 Å². The van der Waals surface area contributed by atoms with Crippen LogP contribution >= 0.6 is 0 Å². The van der Waals surface area contributed by atoms with Gasteiger partial charge in [-0.3, -0.25) is 9.59 Å². The van der Waals surface area contributed by atoms with E-state index in [0.29, 0.717) is 39.3 Å². The highest BCUT2D eigenvalue weighted by Crippen LogP contribution is 2.44. The molecule has 6 nitrogen and oxygen atoms in total. The minimum Gasteiger partial charge on any atom is -0.308 e. The third kappa shape index (κ3) is 4.63. The summed E-state index contributed by atoms with van der Waals surface area (Å²) in [6.07, 6.45) is 3.11. The summed E-state index contributed by atoms with van der Waals surface area (Å²) in [6, 6.07) is 30.6. The van der Waals surface area contributed by atoms with Gasteiger partial charge in [0.05, 0.1) is 27.4 Å². The zero-order valence-corrected chi connectivity index (χ0v) is 23.3. The van der Waals surface area contributed by atoms with E-state index >= 15 is 0 Å². The number of carbonyl (C=O) groups excluding carboxylic acids is 2. The quantitative estimate of drug-likeness (QED) is 0.238. The second kappa shape index (κ2) is 10.4. The van der Waals surface area contributed by atoms with Crippen molar-refractivity contribution in [1.29, 1.82) is 0 Å². The Hall–Kier alpha value is -4.59. The molecule has 0 bridgehead atoms. The van der Waals surface area contributed by atoms with Gasteiger partial charge in [0.1, 0.15) is 0 Å². The van der Waals surface area contributed by atoms with E-state index in [1.54, 1.807) is 36.4 Å². The van der Waals surface area contributed by atoms with Gasteiger partial charge in [-0.15, -0.1) is 0 Å². The average Bonchev–Trinajstić information content (AvgIpc) is 3.36. The lowest BCUT2D eigenvalue weighted by Gasteiger charge is -2.16. The highest BCUT2D eigenvalue weighted by atomic mass is 32.2. The van der Waals surface area contributed by atoms with Crippen LogP contribution in [0.2, 0.25) is 0 Å². The van der Waals surface area contributed by atoms with Crippen molar-refractivity contribution < 1.29 is 18.0 Å². The monoisotopic (exact) mass is 560 g/mol. The first-order chi connectivity index (χ1) is 19.8. The van der Waals surface area contributed by atoms with Crippen LogP contribution in [0.15, 0.2) is 108 Å². The molecule has 0 amide bonds. The van der Waals surface area contributed by atoms with E-state index in [4.69, 9.17) is 5.14 Å². The molecule has 2 N–H and O–H groups in total. The molecule has 0 fully saturated rings. The van der Waals surface area contributed by atoms with Gasteiger partial charge in [-0.05, 0) is 53.8 Å². The minimum absolute atomic E-state index is 0.0270. The molecule has 0 aliphatic heterocycles. The Morgan fingerprint density at radius 2 is 1.17 bits per heavy atom. The molecule has 0 spiro atoms. The summed E-state index contributed by atoms with van der Waals surface area (Å²) in [5.74, 6) is -0.452. The molecule has 0 saturated carbocycles. The summed E-state index contributed by atoms with van der Waals surface area (Å²) in [5.41, 5.74) is 5.88. The summed E-state index contributed by atoms with van der Waals surface area (Å²) in [7, 11) is -3.91. The van der Waals surface area contributed by atoms with Crippen molar-refractivity contribution in [2.24, 2.45) is 5.14 Å². The first-order valence-electron chi connectivity index (χ1n) is 13.5. The Bertz CT molecular complexity index is 1900. The van der Waals surface area contributed by atoms with E-state index in [1.807, 2.05) is 47.0 Å². The van der Waals surface area contributed by atoms with Gasteiger partial charge in [0.25, 0.3) is 0 Å². The van der Waals surface area contributed by atoms with Gasteiger partial charge in [-0.2, -0.15) is 0 Å². The molecule has 0 unspecified atom stereocenters. The van der Waals surface area contributed by atoms with E-state index in [1.165, 1.54) is 17.7 Å². The van der Waals surface area contributed by atoms with Crippen molar-refractivity contribution in [3.05, 3.63) is 131 Å². The molecule has 1 aliphatic carbocycles. The summed E-state index contributed by atoms with van der Waals surface area (Å²) in [6.45, 7) is 2.15. The molecular formula is C34H28N2O4S. The Balaban J connectivity index is 1.71. The normalized spacial score (nSPS) is 12.7. The molecule has 0 radical (unpaired) electrons. The number of hydrogen-bond acceptors (Lipinski definition) is 4. The lowest BCUT2D eigenvalue weighted by Crippen LogP contribution is -2.20. The van der Waals surface area contributed by atoms with Crippen molar-refractivity contribution in [3.63, 3.8) is 0 Å². The highest BCUT2D eigenvalue weighted by Gasteiger charge is 2.39. The maximum Gasteiger partial charge on any atom is 0.238 e.